The highest BCUT2D eigenvalue weighted by molar-refractivity contribution is 7.09. The Hall–Kier alpha value is -1.16. The third-order valence-corrected chi connectivity index (χ3v) is 5.46. The number of rotatable bonds is 4. The summed E-state index contributed by atoms with van der Waals surface area (Å²) in [6.07, 6.45) is 3.57. The van der Waals surface area contributed by atoms with E-state index in [-0.39, 0.29) is 5.54 Å². The summed E-state index contributed by atoms with van der Waals surface area (Å²) in [5.74, 6) is 0. The molecule has 1 aromatic heterocycles. The molecule has 3 rings (SSSR count). The van der Waals surface area contributed by atoms with Crippen molar-refractivity contribution in [2.45, 2.75) is 31.3 Å². The molecule has 1 unspecified atom stereocenters. The van der Waals surface area contributed by atoms with Crippen LogP contribution < -0.4 is 5.73 Å². The number of thiophene rings is 1. The molecular formula is C17H22N2S. The van der Waals surface area contributed by atoms with E-state index in [1.54, 1.807) is 0 Å². The Labute approximate surface area is 125 Å². The van der Waals surface area contributed by atoms with E-state index >= 15 is 0 Å². The molecule has 0 saturated heterocycles. The molecule has 0 saturated carbocycles. The monoisotopic (exact) mass is 286 g/mol. The Bertz CT molecular complexity index is 564. The van der Waals surface area contributed by atoms with Gasteiger partial charge in [0.05, 0.1) is 5.54 Å². The fraction of sp³-hybridized carbons (Fsp3) is 0.412. The number of aryl methyl sites for hydroxylation is 1. The van der Waals surface area contributed by atoms with Gasteiger partial charge in [-0.1, -0.05) is 30.3 Å². The van der Waals surface area contributed by atoms with Gasteiger partial charge >= 0.3 is 0 Å². The van der Waals surface area contributed by atoms with E-state index in [9.17, 15) is 0 Å². The van der Waals surface area contributed by atoms with E-state index in [1.807, 2.05) is 11.3 Å². The normalized spacial score (nSPS) is 21.9. The van der Waals surface area contributed by atoms with Crippen LogP contribution in [0.15, 0.2) is 41.8 Å². The third kappa shape index (κ3) is 2.30. The van der Waals surface area contributed by atoms with Gasteiger partial charge in [0, 0.05) is 18.0 Å². The molecule has 0 spiro atoms. The molecule has 106 valence electrons. The minimum absolute atomic E-state index is 0.00116. The number of hydrogen-bond acceptors (Lipinski definition) is 3. The molecule has 0 fully saturated rings. The average molecular weight is 286 g/mol. The van der Waals surface area contributed by atoms with E-state index in [4.69, 9.17) is 5.73 Å². The molecule has 0 radical (unpaired) electrons. The van der Waals surface area contributed by atoms with Crippen molar-refractivity contribution < 1.29 is 0 Å². The molecule has 2 aromatic rings. The summed E-state index contributed by atoms with van der Waals surface area (Å²) in [4.78, 5) is 3.86. The van der Waals surface area contributed by atoms with Crippen LogP contribution in [0.2, 0.25) is 0 Å². The Morgan fingerprint density at radius 1 is 1.25 bits per heavy atom. The summed E-state index contributed by atoms with van der Waals surface area (Å²) in [7, 11) is 2.22. The molecule has 20 heavy (non-hydrogen) atoms. The maximum atomic E-state index is 6.24. The third-order valence-electron chi connectivity index (χ3n) is 4.60. The van der Waals surface area contributed by atoms with Crippen LogP contribution in [0.25, 0.3) is 0 Å². The lowest BCUT2D eigenvalue weighted by Crippen LogP contribution is -2.50. The average Bonchev–Trinajstić information content (AvgIpc) is 2.99. The first kappa shape index (κ1) is 13.8. The fourth-order valence-corrected chi connectivity index (χ4v) is 4.21. The summed E-state index contributed by atoms with van der Waals surface area (Å²) in [5.41, 5.74) is 9.16. The summed E-state index contributed by atoms with van der Waals surface area (Å²) in [5, 5.41) is 2.15. The Kier molecular flexibility index (Phi) is 3.92. The molecule has 0 bridgehead atoms. The molecule has 1 atom stereocenters. The van der Waals surface area contributed by atoms with Crippen LogP contribution >= 0.6 is 11.3 Å². The Morgan fingerprint density at radius 2 is 2.10 bits per heavy atom. The van der Waals surface area contributed by atoms with Crippen molar-refractivity contribution in [3.05, 3.63) is 57.8 Å². The van der Waals surface area contributed by atoms with Crippen molar-refractivity contribution >= 4 is 11.3 Å². The van der Waals surface area contributed by atoms with E-state index in [1.165, 1.54) is 28.8 Å². The first-order valence-electron chi connectivity index (χ1n) is 7.28. The Balaban J connectivity index is 1.95. The standard InChI is InChI=1S/C17H22N2S/c1-19(12-15-8-5-11-20-15)17(13-18)10-4-7-14-6-2-3-9-16(14)17/h2-3,5-6,8-9,11H,4,7,10,12-13,18H2,1H3. The quantitative estimate of drug-likeness (QED) is 0.933. The van der Waals surface area contributed by atoms with Crippen LogP contribution in [0.5, 0.6) is 0 Å². The maximum absolute atomic E-state index is 6.24. The van der Waals surface area contributed by atoms with Crippen molar-refractivity contribution in [2.75, 3.05) is 13.6 Å². The number of benzene rings is 1. The van der Waals surface area contributed by atoms with Gasteiger partial charge in [0.15, 0.2) is 0 Å². The van der Waals surface area contributed by atoms with Crippen molar-refractivity contribution in [3.63, 3.8) is 0 Å². The molecule has 3 heteroatoms. The highest BCUT2D eigenvalue weighted by Gasteiger charge is 2.38. The zero-order valence-electron chi connectivity index (χ0n) is 12.0. The lowest BCUT2D eigenvalue weighted by atomic mass is 9.75. The van der Waals surface area contributed by atoms with Crippen LogP contribution in [-0.4, -0.2) is 18.5 Å². The van der Waals surface area contributed by atoms with Gasteiger partial charge in [0.1, 0.15) is 0 Å². The zero-order chi connectivity index (χ0) is 14.0. The molecule has 0 aliphatic heterocycles. The topological polar surface area (TPSA) is 29.3 Å². The van der Waals surface area contributed by atoms with Gasteiger partial charge in [-0.25, -0.2) is 0 Å². The van der Waals surface area contributed by atoms with E-state index < -0.39 is 0 Å². The number of nitrogens with zero attached hydrogens (tertiary/aromatic N) is 1. The SMILES string of the molecule is CN(Cc1cccs1)C1(CN)CCCc2ccccc21. The van der Waals surface area contributed by atoms with E-state index in [0.717, 1.165) is 13.0 Å². The highest BCUT2D eigenvalue weighted by Crippen LogP contribution is 2.39. The van der Waals surface area contributed by atoms with E-state index in [2.05, 4.69) is 53.7 Å². The van der Waals surface area contributed by atoms with E-state index in [0.29, 0.717) is 6.54 Å². The second-order valence-corrected chi connectivity index (χ2v) is 6.71. The van der Waals surface area contributed by atoms with Gasteiger partial charge in [0.25, 0.3) is 0 Å². The molecular weight excluding hydrogens is 264 g/mol. The number of fused-ring (bicyclic) bond motifs is 1. The summed E-state index contributed by atoms with van der Waals surface area (Å²) >= 11 is 1.82. The van der Waals surface area contributed by atoms with Gasteiger partial charge < -0.3 is 5.73 Å². The predicted molar refractivity (Wildman–Crippen MR) is 85.9 cm³/mol. The first-order valence-corrected chi connectivity index (χ1v) is 8.16. The van der Waals surface area contributed by atoms with Crippen molar-refractivity contribution in [1.29, 1.82) is 0 Å². The van der Waals surface area contributed by atoms with Crippen LogP contribution in [0.3, 0.4) is 0 Å². The number of hydrogen-bond donors (Lipinski definition) is 1. The fourth-order valence-electron chi connectivity index (χ4n) is 3.45. The van der Waals surface area contributed by atoms with Crippen LogP contribution in [0.4, 0.5) is 0 Å². The lowest BCUT2D eigenvalue weighted by molar-refractivity contribution is 0.0970. The van der Waals surface area contributed by atoms with Gasteiger partial charge in [-0.3, -0.25) is 4.90 Å². The van der Waals surface area contributed by atoms with Gasteiger partial charge in [0.2, 0.25) is 0 Å². The number of likely N-dealkylation sites (N-methyl/N-ethyl adjacent to an activating group) is 1. The first-order chi connectivity index (χ1) is 9.76. The molecule has 1 aromatic carbocycles. The second-order valence-electron chi connectivity index (χ2n) is 5.68. The maximum Gasteiger partial charge on any atom is 0.0587 e. The lowest BCUT2D eigenvalue weighted by Gasteiger charge is -2.45. The summed E-state index contributed by atoms with van der Waals surface area (Å²) in [6.45, 7) is 1.66. The predicted octanol–water partition coefficient (Wildman–Crippen LogP) is 3.37. The minimum Gasteiger partial charge on any atom is -0.328 e. The molecule has 1 aliphatic carbocycles. The largest absolute Gasteiger partial charge is 0.328 e. The Morgan fingerprint density at radius 3 is 2.85 bits per heavy atom. The number of nitrogens with two attached hydrogens (primary N) is 1. The van der Waals surface area contributed by atoms with Gasteiger partial charge in [-0.15, -0.1) is 11.3 Å². The van der Waals surface area contributed by atoms with Crippen molar-refractivity contribution in [1.82, 2.24) is 4.90 Å². The van der Waals surface area contributed by atoms with Gasteiger partial charge in [-0.05, 0) is 48.9 Å². The molecule has 1 aliphatic rings. The molecule has 0 amide bonds. The van der Waals surface area contributed by atoms with Crippen molar-refractivity contribution in [2.24, 2.45) is 5.73 Å². The van der Waals surface area contributed by atoms with Crippen LogP contribution in [-0.2, 0) is 18.5 Å². The van der Waals surface area contributed by atoms with Crippen molar-refractivity contribution in [3.8, 4) is 0 Å². The second kappa shape index (κ2) is 5.68. The highest BCUT2D eigenvalue weighted by atomic mass is 32.1. The van der Waals surface area contributed by atoms with Crippen LogP contribution in [0.1, 0.15) is 28.8 Å². The molecule has 2 nitrogen and oxygen atoms in total. The molecule has 2 N–H and O–H groups in total. The minimum atomic E-state index is -0.00116. The van der Waals surface area contributed by atoms with Gasteiger partial charge in [-0.2, -0.15) is 0 Å². The smallest absolute Gasteiger partial charge is 0.0587 e. The summed E-state index contributed by atoms with van der Waals surface area (Å²) in [6, 6.07) is 13.2. The summed E-state index contributed by atoms with van der Waals surface area (Å²) < 4.78 is 0. The zero-order valence-corrected chi connectivity index (χ0v) is 12.8. The van der Waals surface area contributed by atoms with Crippen LogP contribution in [0, 0.1) is 0 Å². The molecule has 1 heterocycles.